The van der Waals surface area contributed by atoms with E-state index in [9.17, 15) is 18.0 Å². The average Bonchev–Trinajstić information content (AvgIpc) is 2.66. The van der Waals surface area contributed by atoms with Gasteiger partial charge in [0.1, 0.15) is 6.04 Å². The van der Waals surface area contributed by atoms with Gasteiger partial charge in [-0.1, -0.05) is 19.9 Å². The van der Waals surface area contributed by atoms with Gasteiger partial charge in [0.05, 0.1) is 18.1 Å². The molecular weight excluding hydrogens is 384 g/mol. The monoisotopic (exact) mass is 412 g/mol. The third-order valence-electron chi connectivity index (χ3n) is 4.69. The van der Waals surface area contributed by atoms with E-state index in [1.165, 1.54) is 6.07 Å². The third-order valence-corrected chi connectivity index (χ3v) is 6.13. The molecule has 2 rings (SSSR count). The Morgan fingerprint density at radius 3 is 2.39 bits per heavy atom. The molecule has 1 atom stereocenters. The van der Waals surface area contributed by atoms with Crippen LogP contribution >= 0.6 is 0 Å². The minimum atomic E-state index is -3.91. The third kappa shape index (κ3) is 5.76. The van der Waals surface area contributed by atoms with Crippen molar-refractivity contribution in [3.8, 4) is 0 Å². The molecule has 1 aliphatic heterocycles. The molecule has 156 valence electrons. The lowest BCUT2D eigenvalue weighted by molar-refractivity contribution is -0.155. The molecule has 28 heavy (non-hydrogen) atoms. The summed E-state index contributed by atoms with van der Waals surface area (Å²) in [4.78, 5) is 26.2. The van der Waals surface area contributed by atoms with E-state index in [1.807, 2.05) is 13.8 Å². The Labute approximate surface area is 166 Å². The number of aryl methyl sites for hydroxylation is 2. The number of benzene rings is 1. The molecule has 1 aromatic rings. The zero-order valence-electron chi connectivity index (χ0n) is 16.7. The van der Waals surface area contributed by atoms with Gasteiger partial charge >= 0.3 is 5.97 Å². The van der Waals surface area contributed by atoms with E-state index >= 15 is 0 Å². The number of sulfonamides is 1. The number of rotatable bonds is 7. The first kappa shape index (κ1) is 22.3. The zero-order valence-corrected chi connectivity index (χ0v) is 17.5. The van der Waals surface area contributed by atoms with Gasteiger partial charge in [-0.2, -0.15) is 4.72 Å². The first-order valence-corrected chi connectivity index (χ1v) is 10.7. The number of hydrogen-bond donors (Lipinski definition) is 1. The predicted molar refractivity (Wildman–Crippen MR) is 103 cm³/mol. The lowest BCUT2D eigenvalue weighted by Crippen LogP contribution is -2.47. The maximum absolute atomic E-state index is 12.7. The molecule has 0 spiro atoms. The number of carbonyl (C=O) groups excluding carboxylic acids is 2. The van der Waals surface area contributed by atoms with Crippen molar-refractivity contribution in [3.63, 3.8) is 0 Å². The molecule has 8 nitrogen and oxygen atoms in total. The van der Waals surface area contributed by atoms with E-state index in [0.29, 0.717) is 26.3 Å². The molecule has 0 unspecified atom stereocenters. The first-order chi connectivity index (χ1) is 13.1. The highest BCUT2D eigenvalue weighted by atomic mass is 32.2. The van der Waals surface area contributed by atoms with Gasteiger partial charge in [0, 0.05) is 13.1 Å². The Morgan fingerprint density at radius 1 is 1.18 bits per heavy atom. The molecule has 0 saturated carbocycles. The van der Waals surface area contributed by atoms with Crippen LogP contribution in [0.25, 0.3) is 0 Å². The second-order valence-electron chi connectivity index (χ2n) is 7.19. The Balaban J connectivity index is 2.03. The number of nitrogens with zero attached hydrogens (tertiary/aromatic N) is 1. The van der Waals surface area contributed by atoms with Crippen LogP contribution in [-0.4, -0.2) is 64.1 Å². The maximum atomic E-state index is 12.7. The lowest BCUT2D eigenvalue weighted by atomic mass is 10.1. The minimum Gasteiger partial charge on any atom is -0.454 e. The van der Waals surface area contributed by atoms with Gasteiger partial charge in [-0.15, -0.1) is 0 Å². The van der Waals surface area contributed by atoms with Crippen LogP contribution in [-0.2, 0) is 29.1 Å². The number of esters is 1. The molecule has 1 heterocycles. The standard InChI is InChI=1S/C19H28N2O6S/c1-13(2)18(19(23)27-12-17(22)21-7-9-26-10-8-21)20-28(24,25)16-6-5-14(3)15(4)11-16/h5-6,11,13,18,20H,7-10,12H2,1-4H3/t18-/m0/s1. The zero-order chi connectivity index (χ0) is 20.9. The second-order valence-corrected chi connectivity index (χ2v) is 8.90. The van der Waals surface area contributed by atoms with Crippen LogP contribution in [0.3, 0.4) is 0 Å². The molecular formula is C19H28N2O6S. The number of amides is 1. The van der Waals surface area contributed by atoms with Gasteiger partial charge in [-0.05, 0) is 43.0 Å². The van der Waals surface area contributed by atoms with E-state index < -0.39 is 28.6 Å². The van der Waals surface area contributed by atoms with Crippen LogP contribution in [0.15, 0.2) is 23.1 Å². The van der Waals surface area contributed by atoms with E-state index in [-0.39, 0.29) is 16.7 Å². The fraction of sp³-hybridized carbons (Fsp3) is 0.579. The van der Waals surface area contributed by atoms with E-state index in [0.717, 1.165) is 11.1 Å². The molecule has 1 aromatic carbocycles. The summed E-state index contributed by atoms with van der Waals surface area (Å²) >= 11 is 0. The summed E-state index contributed by atoms with van der Waals surface area (Å²) < 4.78 is 38.1. The van der Waals surface area contributed by atoms with Crippen molar-refractivity contribution in [3.05, 3.63) is 29.3 Å². The van der Waals surface area contributed by atoms with Crippen molar-refractivity contribution in [1.29, 1.82) is 0 Å². The van der Waals surface area contributed by atoms with E-state index in [1.54, 1.807) is 30.9 Å². The largest absolute Gasteiger partial charge is 0.454 e. The van der Waals surface area contributed by atoms with Gasteiger partial charge < -0.3 is 14.4 Å². The number of nitrogens with one attached hydrogen (secondary N) is 1. The highest BCUT2D eigenvalue weighted by molar-refractivity contribution is 7.89. The summed E-state index contributed by atoms with van der Waals surface area (Å²) in [5, 5.41) is 0. The van der Waals surface area contributed by atoms with Crippen molar-refractivity contribution in [2.45, 2.75) is 38.6 Å². The van der Waals surface area contributed by atoms with Crippen LogP contribution in [0.4, 0.5) is 0 Å². The summed E-state index contributed by atoms with van der Waals surface area (Å²) in [7, 11) is -3.91. The molecule has 1 amide bonds. The van der Waals surface area contributed by atoms with Crippen molar-refractivity contribution < 1.29 is 27.5 Å². The molecule has 0 aromatic heterocycles. The summed E-state index contributed by atoms with van der Waals surface area (Å²) in [5.74, 6) is -1.45. The van der Waals surface area contributed by atoms with Crippen LogP contribution in [0, 0.1) is 19.8 Å². The van der Waals surface area contributed by atoms with Crippen LogP contribution < -0.4 is 4.72 Å². The molecule has 0 bridgehead atoms. The van der Waals surface area contributed by atoms with Crippen molar-refractivity contribution in [2.75, 3.05) is 32.9 Å². The molecule has 0 aliphatic carbocycles. The molecule has 1 N–H and O–H groups in total. The van der Waals surface area contributed by atoms with Gasteiger partial charge in [0.2, 0.25) is 10.0 Å². The van der Waals surface area contributed by atoms with Crippen LogP contribution in [0.2, 0.25) is 0 Å². The summed E-state index contributed by atoms with van der Waals surface area (Å²) in [6, 6.07) is 3.68. The molecule has 9 heteroatoms. The number of hydrogen-bond acceptors (Lipinski definition) is 6. The van der Waals surface area contributed by atoms with Crippen molar-refractivity contribution in [2.24, 2.45) is 5.92 Å². The summed E-state index contributed by atoms with van der Waals surface area (Å²) in [6.07, 6.45) is 0. The molecule has 1 fully saturated rings. The van der Waals surface area contributed by atoms with Gasteiger partial charge in [0.25, 0.3) is 5.91 Å². The van der Waals surface area contributed by atoms with Crippen LogP contribution in [0.1, 0.15) is 25.0 Å². The fourth-order valence-electron chi connectivity index (χ4n) is 2.70. The summed E-state index contributed by atoms with van der Waals surface area (Å²) in [5.41, 5.74) is 1.81. The van der Waals surface area contributed by atoms with Gasteiger partial charge in [-0.25, -0.2) is 8.42 Å². The Bertz CT molecular complexity index is 816. The van der Waals surface area contributed by atoms with E-state index in [4.69, 9.17) is 9.47 Å². The fourth-order valence-corrected chi connectivity index (χ4v) is 4.12. The molecule has 1 saturated heterocycles. The van der Waals surface area contributed by atoms with Gasteiger partial charge in [-0.3, -0.25) is 9.59 Å². The minimum absolute atomic E-state index is 0.0819. The highest BCUT2D eigenvalue weighted by Crippen LogP contribution is 2.17. The smallest absolute Gasteiger partial charge is 0.324 e. The normalized spacial score (nSPS) is 16.1. The Kier molecular flexibility index (Phi) is 7.56. The average molecular weight is 413 g/mol. The quantitative estimate of drug-likeness (QED) is 0.671. The number of morpholine rings is 1. The summed E-state index contributed by atoms with van der Waals surface area (Å²) in [6.45, 7) is 8.49. The number of carbonyl (C=O) groups is 2. The molecule has 0 radical (unpaired) electrons. The van der Waals surface area contributed by atoms with Crippen molar-refractivity contribution >= 4 is 21.9 Å². The number of ether oxygens (including phenoxy) is 2. The highest BCUT2D eigenvalue weighted by Gasteiger charge is 2.30. The van der Waals surface area contributed by atoms with Crippen molar-refractivity contribution in [1.82, 2.24) is 9.62 Å². The van der Waals surface area contributed by atoms with Crippen LogP contribution in [0.5, 0.6) is 0 Å². The Hall–Kier alpha value is -1.97. The predicted octanol–water partition coefficient (Wildman–Crippen LogP) is 1.01. The Morgan fingerprint density at radius 2 is 1.82 bits per heavy atom. The maximum Gasteiger partial charge on any atom is 0.324 e. The van der Waals surface area contributed by atoms with Gasteiger partial charge in [0.15, 0.2) is 6.61 Å². The second kappa shape index (κ2) is 9.49. The van der Waals surface area contributed by atoms with E-state index in [2.05, 4.69) is 4.72 Å². The first-order valence-electron chi connectivity index (χ1n) is 9.23. The molecule has 1 aliphatic rings. The SMILES string of the molecule is Cc1ccc(S(=O)(=O)N[C@H](C(=O)OCC(=O)N2CCOCC2)C(C)C)cc1C. The lowest BCUT2D eigenvalue weighted by Gasteiger charge is -2.27. The topological polar surface area (TPSA) is 102 Å².